The maximum absolute atomic E-state index is 12.6. The van der Waals surface area contributed by atoms with Crippen molar-refractivity contribution >= 4 is 33.9 Å². The molecule has 10 heteroatoms. The lowest BCUT2D eigenvalue weighted by Gasteiger charge is -2.11. The molecule has 2 amide bonds. The number of para-hydroxylation sites is 1. The number of carbonyl (C=O) groups excluding carboxylic acids is 2. The van der Waals surface area contributed by atoms with E-state index in [2.05, 4.69) is 20.4 Å². The first-order valence-electron chi connectivity index (χ1n) is 10.5. The summed E-state index contributed by atoms with van der Waals surface area (Å²) in [7, 11) is 0. The molecule has 33 heavy (non-hydrogen) atoms. The SMILES string of the molecule is CCOc1ccccc1-c1csc(NC(=O)CCc2c(C)nc3c(C(N)=O)cnn3c2C)n1. The van der Waals surface area contributed by atoms with Crippen LogP contribution >= 0.6 is 11.3 Å². The van der Waals surface area contributed by atoms with Crippen LogP contribution in [0, 0.1) is 13.8 Å². The second kappa shape index (κ2) is 9.37. The molecule has 3 heterocycles. The molecule has 9 nitrogen and oxygen atoms in total. The number of nitrogens with one attached hydrogen (secondary N) is 1. The van der Waals surface area contributed by atoms with E-state index in [0.29, 0.717) is 23.8 Å². The van der Waals surface area contributed by atoms with E-state index in [4.69, 9.17) is 10.5 Å². The third-order valence-electron chi connectivity index (χ3n) is 5.29. The van der Waals surface area contributed by atoms with Crippen LogP contribution in [0.15, 0.2) is 35.8 Å². The van der Waals surface area contributed by atoms with Crippen LogP contribution in [0.2, 0.25) is 0 Å². The Morgan fingerprint density at radius 3 is 2.76 bits per heavy atom. The highest BCUT2D eigenvalue weighted by Gasteiger charge is 2.18. The van der Waals surface area contributed by atoms with Crippen LogP contribution in [-0.2, 0) is 11.2 Å². The van der Waals surface area contributed by atoms with Gasteiger partial charge in [-0.1, -0.05) is 12.1 Å². The summed E-state index contributed by atoms with van der Waals surface area (Å²) in [4.78, 5) is 33.2. The average molecular weight is 465 g/mol. The number of aromatic nitrogens is 4. The zero-order valence-electron chi connectivity index (χ0n) is 18.6. The lowest BCUT2D eigenvalue weighted by molar-refractivity contribution is -0.116. The quantitative estimate of drug-likeness (QED) is 0.411. The Kier molecular flexibility index (Phi) is 6.36. The van der Waals surface area contributed by atoms with E-state index in [0.717, 1.165) is 34.0 Å². The number of anilines is 1. The highest BCUT2D eigenvalue weighted by Crippen LogP contribution is 2.32. The molecule has 1 aromatic carbocycles. The smallest absolute Gasteiger partial charge is 0.254 e. The molecule has 3 aromatic heterocycles. The molecule has 0 aliphatic heterocycles. The van der Waals surface area contributed by atoms with E-state index in [9.17, 15) is 9.59 Å². The number of nitrogens with two attached hydrogens (primary N) is 1. The molecule has 0 saturated carbocycles. The van der Waals surface area contributed by atoms with Gasteiger partial charge in [0.2, 0.25) is 5.91 Å². The molecule has 4 aromatic rings. The Labute approximate surface area is 194 Å². The maximum atomic E-state index is 12.6. The number of rotatable bonds is 8. The number of carbonyl (C=O) groups is 2. The number of ether oxygens (including phenoxy) is 1. The predicted molar refractivity (Wildman–Crippen MR) is 127 cm³/mol. The number of fused-ring (bicyclic) bond motifs is 1. The number of nitrogens with zero attached hydrogens (tertiary/aromatic N) is 4. The highest BCUT2D eigenvalue weighted by atomic mass is 32.1. The molecule has 0 fully saturated rings. The zero-order valence-corrected chi connectivity index (χ0v) is 19.4. The standard InChI is InChI=1S/C23H24N6O3S/c1-4-32-19-8-6-5-7-16(19)18-12-33-23(27-18)28-20(30)10-9-15-13(2)26-22-17(21(24)31)11-25-29(22)14(15)3/h5-8,11-12H,4,9-10H2,1-3H3,(H2,24,31)(H,27,28,30). The summed E-state index contributed by atoms with van der Waals surface area (Å²) in [5.74, 6) is 0.0384. The van der Waals surface area contributed by atoms with Crippen molar-refractivity contribution in [2.24, 2.45) is 5.73 Å². The number of hydrogen-bond donors (Lipinski definition) is 2. The number of hydrogen-bond acceptors (Lipinski definition) is 7. The van der Waals surface area contributed by atoms with Crippen LogP contribution in [0.25, 0.3) is 16.9 Å². The van der Waals surface area contributed by atoms with E-state index < -0.39 is 5.91 Å². The molecule has 0 bridgehead atoms. The number of aryl methyl sites for hydroxylation is 2. The third kappa shape index (κ3) is 4.56. The molecule has 0 aliphatic carbocycles. The van der Waals surface area contributed by atoms with E-state index in [1.807, 2.05) is 50.4 Å². The fourth-order valence-electron chi connectivity index (χ4n) is 3.68. The van der Waals surface area contributed by atoms with Crippen LogP contribution in [0.5, 0.6) is 5.75 Å². The van der Waals surface area contributed by atoms with Crippen molar-refractivity contribution in [2.45, 2.75) is 33.6 Å². The maximum Gasteiger partial charge on any atom is 0.254 e. The van der Waals surface area contributed by atoms with Crippen molar-refractivity contribution in [1.82, 2.24) is 19.6 Å². The minimum atomic E-state index is -0.574. The molecule has 3 N–H and O–H groups in total. The minimum Gasteiger partial charge on any atom is -0.493 e. The van der Waals surface area contributed by atoms with Crippen LogP contribution in [0.4, 0.5) is 5.13 Å². The lowest BCUT2D eigenvalue weighted by atomic mass is 10.1. The second-order valence-corrected chi connectivity index (χ2v) is 8.29. The highest BCUT2D eigenvalue weighted by molar-refractivity contribution is 7.14. The molecule has 0 spiro atoms. The van der Waals surface area contributed by atoms with Gasteiger partial charge in [0.1, 0.15) is 11.3 Å². The van der Waals surface area contributed by atoms with Crippen LogP contribution in [-0.4, -0.2) is 38.0 Å². The molecule has 0 aliphatic rings. The predicted octanol–water partition coefficient (Wildman–Crippen LogP) is 3.54. The number of benzene rings is 1. The monoisotopic (exact) mass is 464 g/mol. The van der Waals surface area contributed by atoms with Gasteiger partial charge in [-0.15, -0.1) is 11.3 Å². The molecule has 0 radical (unpaired) electrons. The van der Waals surface area contributed by atoms with Crippen LogP contribution in [0.1, 0.15) is 40.7 Å². The van der Waals surface area contributed by atoms with Gasteiger partial charge in [0, 0.05) is 28.8 Å². The van der Waals surface area contributed by atoms with Gasteiger partial charge in [-0.25, -0.2) is 14.5 Å². The summed E-state index contributed by atoms with van der Waals surface area (Å²) in [5.41, 5.74) is 10.2. The van der Waals surface area contributed by atoms with E-state index in [-0.39, 0.29) is 17.9 Å². The normalized spacial score (nSPS) is 11.0. The summed E-state index contributed by atoms with van der Waals surface area (Å²) in [6.45, 7) is 6.23. The summed E-state index contributed by atoms with van der Waals surface area (Å²) in [6, 6.07) is 7.69. The molecule has 0 unspecified atom stereocenters. The van der Waals surface area contributed by atoms with Crippen molar-refractivity contribution in [3.8, 4) is 17.0 Å². The van der Waals surface area contributed by atoms with Crippen molar-refractivity contribution in [1.29, 1.82) is 0 Å². The fourth-order valence-corrected chi connectivity index (χ4v) is 4.41. The Morgan fingerprint density at radius 2 is 2.00 bits per heavy atom. The van der Waals surface area contributed by atoms with Gasteiger partial charge < -0.3 is 15.8 Å². The van der Waals surface area contributed by atoms with E-state index in [1.54, 1.807) is 4.52 Å². The van der Waals surface area contributed by atoms with Gasteiger partial charge in [-0.2, -0.15) is 5.10 Å². The average Bonchev–Trinajstić information content (AvgIpc) is 3.41. The van der Waals surface area contributed by atoms with Gasteiger partial charge in [0.15, 0.2) is 10.8 Å². The molecule has 170 valence electrons. The van der Waals surface area contributed by atoms with E-state index >= 15 is 0 Å². The summed E-state index contributed by atoms with van der Waals surface area (Å²) in [6.07, 6.45) is 2.14. The number of amides is 2. The second-order valence-electron chi connectivity index (χ2n) is 7.43. The Hall–Kier alpha value is -3.79. The molecule has 4 rings (SSSR count). The van der Waals surface area contributed by atoms with Gasteiger partial charge in [-0.05, 0) is 44.9 Å². The van der Waals surface area contributed by atoms with Crippen molar-refractivity contribution < 1.29 is 14.3 Å². The third-order valence-corrected chi connectivity index (χ3v) is 6.05. The van der Waals surface area contributed by atoms with Gasteiger partial charge in [0.25, 0.3) is 5.91 Å². The first-order valence-corrected chi connectivity index (χ1v) is 11.4. The van der Waals surface area contributed by atoms with Crippen molar-refractivity contribution in [3.63, 3.8) is 0 Å². The van der Waals surface area contributed by atoms with Gasteiger partial charge >= 0.3 is 0 Å². The minimum absolute atomic E-state index is 0.147. The first kappa shape index (κ1) is 22.4. The molecule has 0 atom stereocenters. The van der Waals surface area contributed by atoms with Crippen LogP contribution in [0.3, 0.4) is 0 Å². The largest absolute Gasteiger partial charge is 0.493 e. The number of thiazole rings is 1. The Morgan fingerprint density at radius 1 is 1.21 bits per heavy atom. The van der Waals surface area contributed by atoms with Gasteiger partial charge in [0.05, 0.1) is 18.5 Å². The zero-order chi connectivity index (χ0) is 23.5. The van der Waals surface area contributed by atoms with E-state index in [1.165, 1.54) is 17.5 Å². The fraction of sp³-hybridized carbons (Fsp3) is 0.261. The Balaban J connectivity index is 1.46. The first-order chi connectivity index (χ1) is 15.9. The summed E-state index contributed by atoms with van der Waals surface area (Å²) >= 11 is 1.37. The molecular weight excluding hydrogens is 440 g/mol. The van der Waals surface area contributed by atoms with Crippen molar-refractivity contribution in [3.05, 3.63) is 58.4 Å². The summed E-state index contributed by atoms with van der Waals surface area (Å²) in [5, 5.41) is 9.52. The van der Waals surface area contributed by atoms with Crippen LogP contribution < -0.4 is 15.8 Å². The summed E-state index contributed by atoms with van der Waals surface area (Å²) < 4.78 is 7.26. The molecule has 0 saturated heterocycles. The number of primary amides is 1. The Bertz CT molecular complexity index is 1340. The lowest BCUT2D eigenvalue weighted by Crippen LogP contribution is -2.15. The molecular formula is C23H24N6O3S. The van der Waals surface area contributed by atoms with Crippen molar-refractivity contribution in [2.75, 3.05) is 11.9 Å². The topological polar surface area (TPSA) is 124 Å². The van der Waals surface area contributed by atoms with Gasteiger partial charge in [-0.3, -0.25) is 9.59 Å².